The normalized spacial score (nSPS) is 18.4. The Morgan fingerprint density at radius 3 is 2.48 bits per heavy atom. The van der Waals surface area contributed by atoms with Crippen LogP contribution in [0.15, 0.2) is 53.1 Å². The lowest BCUT2D eigenvalue weighted by Gasteiger charge is -2.42. The monoisotopic (exact) mass is 437 g/mol. The van der Waals surface area contributed by atoms with Gasteiger partial charge < -0.3 is 19.1 Å². The molecule has 0 N–H and O–H groups in total. The molecule has 1 atom stereocenters. The van der Waals surface area contributed by atoms with Gasteiger partial charge in [-0.3, -0.25) is 9.69 Å². The Labute approximate surface area is 185 Å². The number of benzene rings is 2. The van der Waals surface area contributed by atoms with E-state index in [0.717, 1.165) is 22.0 Å². The second-order valence-corrected chi connectivity index (χ2v) is 8.08. The number of fused-ring (bicyclic) bond motifs is 1. The minimum Gasteiger partial charge on any atom is -0.497 e. The van der Waals surface area contributed by atoms with E-state index in [9.17, 15) is 10.1 Å². The lowest BCUT2D eigenvalue weighted by molar-refractivity contribution is -0.129. The quantitative estimate of drug-likeness (QED) is 0.701. The van der Waals surface area contributed by atoms with E-state index in [-0.39, 0.29) is 18.2 Å². The molecule has 0 unspecified atom stereocenters. The Balaban J connectivity index is 1.68. The fourth-order valence-corrected chi connectivity index (χ4v) is 5.14. The summed E-state index contributed by atoms with van der Waals surface area (Å²) in [7, 11) is 4.77. The van der Waals surface area contributed by atoms with Gasteiger partial charge in [0.15, 0.2) is 11.5 Å². The Bertz CT molecular complexity index is 1060. The predicted octanol–water partition coefficient (Wildman–Crippen LogP) is 3.93. The molecule has 2 aromatic rings. The van der Waals surface area contributed by atoms with Crippen molar-refractivity contribution in [1.29, 1.82) is 5.26 Å². The number of methoxy groups -OCH3 is 3. The van der Waals surface area contributed by atoms with Crippen molar-refractivity contribution in [3.05, 3.63) is 58.6 Å². The van der Waals surface area contributed by atoms with Crippen molar-refractivity contribution in [1.82, 2.24) is 4.90 Å². The molecule has 2 aliphatic heterocycles. The Hall–Kier alpha value is -3.31. The summed E-state index contributed by atoms with van der Waals surface area (Å²) in [6, 6.07) is 15.7. The lowest BCUT2D eigenvalue weighted by Crippen LogP contribution is -2.47. The van der Waals surface area contributed by atoms with Crippen LogP contribution in [0.4, 0.5) is 5.69 Å². The molecule has 8 heteroatoms. The number of anilines is 1. The van der Waals surface area contributed by atoms with Crippen LogP contribution in [0.2, 0.25) is 0 Å². The summed E-state index contributed by atoms with van der Waals surface area (Å²) in [5, 5.41) is 10.7. The van der Waals surface area contributed by atoms with Gasteiger partial charge in [-0.15, -0.1) is 0 Å². The molecule has 160 valence electrons. The number of rotatable bonds is 5. The van der Waals surface area contributed by atoms with Crippen LogP contribution in [0.1, 0.15) is 17.9 Å². The molecule has 4 rings (SSSR count). The van der Waals surface area contributed by atoms with E-state index in [2.05, 4.69) is 11.0 Å². The first kappa shape index (κ1) is 20.9. The van der Waals surface area contributed by atoms with Crippen LogP contribution in [0.25, 0.3) is 0 Å². The van der Waals surface area contributed by atoms with Gasteiger partial charge in [0.25, 0.3) is 0 Å². The zero-order chi connectivity index (χ0) is 22.0. The van der Waals surface area contributed by atoms with E-state index in [0.29, 0.717) is 29.6 Å². The number of nitriles is 1. The molecule has 0 aliphatic carbocycles. The Kier molecular flexibility index (Phi) is 5.96. The number of allylic oxidation sites excluding steroid dienone is 1. The van der Waals surface area contributed by atoms with E-state index in [1.54, 1.807) is 32.3 Å². The van der Waals surface area contributed by atoms with Crippen LogP contribution >= 0.6 is 11.8 Å². The van der Waals surface area contributed by atoms with E-state index >= 15 is 0 Å². The smallest absolute Gasteiger partial charge is 0.229 e. The van der Waals surface area contributed by atoms with Gasteiger partial charge in [-0.2, -0.15) is 5.26 Å². The summed E-state index contributed by atoms with van der Waals surface area (Å²) >= 11 is 1.50. The van der Waals surface area contributed by atoms with Gasteiger partial charge in [-0.05, 0) is 30.3 Å². The Morgan fingerprint density at radius 1 is 1.06 bits per heavy atom. The van der Waals surface area contributed by atoms with Gasteiger partial charge >= 0.3 is 0 Å². The number of thioether (sulfide) groups is 1. The number of ether oxygens (including phenoxy) is 3. The van der Waals surface area contributed by atoms with Crippen molar-refractivity contribution in [3.8, 4) is 23.3 Å². The summed E-state index contributed by atoms with van der Waals surface area (Å²) < 4.78 is 16.2. The van der Waals surface area contributed by atoms with Crippen molar-refractivity contribution in [2.75, 3.05) is 38.8 Å². The molecular formula is C23H23N3O4S. The van der Waals surface area contributed by atoms with Crippen molar-refractivity contribution < 1.29 is 19.0 Å². The standard InChI is InChI=1S/C23H23N3O4S/c1-28-16-9-7-15(8-10-16)25-13-26-21(27)11-18(19(12-24)23(26)31-14-25)17-5-4-6-20(29-2)22(17)30-3/h4-10,18H,11,13-14H2,1-3H3/t18-/m0/s1. The second kappa shape index (κ2) is 8.82. The minimum absolute atomic E-state index is 0.0189. The molecule has 1 amide bonds. The highest BCUT2D eigenvalue weighted by molar-refractivity contribution is 8.03. The minimum atomic E-state index is -0.367. The van der Waals surface area contributed by atoms with Crippen LogP contribution < -0.4 is 19.1 Å². The van der Waals surface area contributed by atoms with Crippen molar-refractivity contribution >= 4 is 23.4 Å². The molecule has 1 fully saturated rings. The molecule has 2 aliphatic rings. The molecule has 31 heavy (non-hydrogen) atoms. The molecular weight excluding hydrogens is 414 g/mol. The topological polar surface area (TPSA) is 75.0 Å². The van der Waals surface area contributed by atoms with Gasteiger partial charge in [0.1, 0.15) is 5.75 Å². The van der Waals surface area contributed by atoms with E-state index in [1.165, 1.54) is 11.8 Å². The number of nitrogens with zero attached hydrogens (tertiary/aromatic N) is 3. The average molecular weight is 438 g/mol. The van der Waals surface area contributed by atoms with E-state index in [4.69, 9.17) is 14.2 Å². The third-order valence-electron chi connectivity index (χ3n) is 5.54. The second-order valence-electron chi connectivity index (χ2n) is 7.14. The first-order valence-corrected chi connectivity index (χ1v) is 10.8. The van der Waals surface area contributed by atoms with E-state index < -0.39 is 0 Å². The fraction of sp³-hybridized carbons (Fsp3) is 0.304. The average Bonchev–Trinajstić information content (AvgIpc) is 2.83. The number of carbonyl (C=O) groups is 1. The maximum atomic E-state index is 13.2. The predicted molar refractivity (Wildman–Crippen MR) is 119 cm³/mol. The number of para-hydroxylation sites is 1. The summed E-state index contributed by atoms with van der Waals surface area (Å²) in [6.07, 6.45) is 0.201. The zero-order valence-corrected chi connectivity index (χ0v) is 18.4. The first-order valence-electron chi connectivity index (χ1n) is 9.78. The van der Waals surface area contributed by atoms with Crippen LogP contribution in [0, 0.1) is 11.3 Å². The highest BCUT2D eigenvalue weighted by atomic mass is 32.2. The van der Waals surface area contributed by atoms with Crippen molar-refractivity contribution in [2.45, 2.75) is 12.3 Å². The van der Waals surface area contributed by atoms with Gasteiger partial charge in [0.2, 0.25) is 5.91 Å². The third kappa shape index (κ3) is 3.77. The molecule has 0 bridgehead atoms. The highest BCUT2D eigenvalue weighted by Gasteiger charge is 2.39. The molecule has 0 aromatic heterocycles. The summed E-state index contributed by atoms with van der Waals surface area (Å²) in [5.41, 5.74) is 2.37. The molecule has 1 saturated heterocycles. The largest absolute Gasteiger partial charge is 0.497 e. The SMILES string of the molecule is COc1ccc(N2CSC3=C(C#N)[C@H](c4cccc(OC)c4OC)CC(=O)N3C2)cc1. The molecule has 2 heterocycles. The molecule has 2 aromatic carbocycles. The maximum Gasteiger partial charge on any atom is 0.229 e. The van der Waals surface area contributed by atoms with Crippen LogP contribution in [-0.4, -0.2) is 44.7 Å². The van der Waals surface area contributed by atoms with Gasteiger partial charge in [-0.25, -0.2) is 0 Å². The number of hydrogen-bond acceptors (Lipinski definition) is 7. The summed E-state index contributed by atoms with van der Waals surface area (Å²) in [6.45, 7) is 0.403. The van der Waals surface area contributed by atoms with Gasteiger partial charge in [0.05, 0.1) is 50.5 Å². The van der Waals surface area contributed by atoms with Crippen molar-refractivity contribution in [2.24, 2.45) is 0 Å². The molecule has 0 spiro atoms. The van der Waals surface area contributed by atoms with Crippen LogP contribution in [0.5, 0.6) is 17.2 Å². The molecule has 7 nitrogen and oxygen atoms in total. The number of carbonyl (C=O) groups excluding carboxylic acids is 1. The van der Waals surface area contributed by atoms with Crippen LogP contribution in [0.3, 0.4) is 0 Å². The van der Waals surface area contributed by atoms with Gasteiger partial charge in [0, 0.05) is 23.6 Å². The lowest BCUT2D eigenvalue weighted by atomic mass is 9.85. The van der Waals surface area contributed by atoms with Gasteiger partial charge in [-0.1, -0.05) is 23.9 Å². The Morgan fingerprint density at radius 2 is 1.84 bits per heavy atom. The fourth-order valence-electron chi connectivity index (χ4n) is 3.97. The highest BCUT2D eigenvalue weighted by Crippen LogP contribution is 2.47. The maximum absolute atomic E-state index is 13.2. The van der Waals surface area contributed by atoms with Crippen LogP contribution in [-0.2, 0) is 4.79 Å². The zero-order valence-electron chi connectivity index (χ0n) is 17.6. The number of amides is 1. The summed E-state index contributed by atoms with van der Waals surface area (Å²) in [4.78, 5) is 17.0. The molecule has 0 saturated carbocycles. The third-order valence-corrected chi connectivity index (χ3v) is 6.69. The van der Waals surface area contributed by atoms with E-state index in [1.807, 2.05) is 36.4 Å². The van der Waals surface area contributed by atoms with Crippen molar-refractivity contribution in [3.63, 3.8) is 0 Å². The molecule has 0 radical (unpaired) electrons. The number of hydrogen-bond donors (Lipinski definition) is 0. The summed E-state index contributed by atoms with van der Waals surface area (Å²) in [5.74, 6) is 2.18. The first-order chi connectivity index (χ1) is 15.1.